The molecule has 0 spiro atoms. The first-order valence-electron chi connectivity index (χ1n) is 4.79. The Labute approximate surface area is 95.7 Å². The predicted molar refractivity (Wildman–Crippen MR) is 60.3 cm³/mol. The molecule has 0 saturated carbocycles. The maximum atomic E-state index is 13.3. The minimum Gasteiger partial charge on any atom is -0.272 e. The minimum atomic E-state index is -0.304. The summed E-state index contributed by atoms with van der Waals surface area (Å²) in [6.07, 6.45) is 0.432. The van der Waals surface area contributed by atoms with E-state index in [0.717, 1.165) is 0 Å². The monoisotopic (exact) mass is 239 g/mol. The maximum absolute atomic E-state index is 13.3. The Hall–Kier alpha value is -1.69. The van der Waals surface area contributed by atoms with Gasteiger partial charge in [-0.05, 0) is 30.3 Å². The molecule has 16 heavy (non-hydrogen) atoms. The van der Waals surface area contributed by atoms with Crippen molar-refractivity contribution in [2.24, 2.45) is 0 Å². The highest BCUT2D eigenvalue weighted by Gasteiger charge is 2.03. The molecule has 2 rings (SSSR count). The first-order valence-corrected chi connectivity index (χ1v) is 5.20. The number of benzene rings is 1. The lowest BCUT2D eigenvalue weighted by Crippen LogP contribution is -2.18. The average Bonchev–Trinajstić information content (AvgIpc) is 2.58. The lowest BCUT2D eigenvalue weighted by Gasteiger charge is -2.02. The highest BCUT2D eigenvalue weighted by molar-refractivity contribution is 7.71. The van der Waals surface area contributed by atoms with E-state index >= 15 is 0 Å². The Kier molecular flexibility index (Phi) is 3.00. The smallest absolute Gasteiger partial charge is 0.272 e. The summed E-state index contributed by atoms with van der Waals surface area (Å²) in [5.41, 5.74) is 0.270. The zero-order chi connectivity index (χ0) is 11.5. The lowest BCUT2D eigenvalue weighted by molar-refractivity contribution is 0.587. The van der Waals surface area contributed by atoms with E-state index in [1.807, 2.05) is 0 Å². The summed E-state index contributed by atoms with van der Waals surface area (Å²) in [6, 6.07) is 6.49. The van der Waals surface area contributed by atoms with Crippen molar-refractivity contribution in [3.63, 3.8) is 0 Å². The Balaban J connectivity index is 2.17. The molecule has 0 radical (unpaired) electrons. The Morgan fingerprint density at radius 3 is 2.69 bits per heavy atom. The van der Waals surface area contributed by atoms with Crippen LogP contribution in [0.2, 0.25) is 0 Å². The van der Waals surface area contributed by atoms with E-state index in [0.29, 0.717) is 23.3 Å². The Morgan fingerprint density at radius 2 is 2.06 bits per heavy atom. The molecule has 0 atom stereocenters. The number of rotatable bonds is 3. The third-order valence-electron chi connectivity index (χ3n) is 2.33. The highest BCUT2D eigenvalue weighted by Crippen LogP contribution is 2.07. The summed E-state index contributed by atoms with van der Waals surface area (Å²) in [7, 11) is 0. The van der Waals surface area contributed by atoms with Gasteiger partial charge in [-0.15, -0.1) is 0 Å². The summed E-state index contributed by atoms with van der Waals surface area (Å²) >= 11 is 4.90. The molecule has 84 valence electrons. The van der Waals surface area contributed by atoms with Gasteiger partial charge in [-0.1, -0.05) is 18.2 Å². The third kappa shape index (κ3) is 2.11. The normalized spacial score (nSPS) is 10.6. The summed E-state index contributed by atoms with van der Waals surface area (Å²) in [6.45, 7) is 0.360. The SMILES string of the molecule is O=c1[nH][nH]c(=S)n1CCc1ccccc1F. The van der Waals surface area contributed by atoms with Crippen LogP contribution < -0.4 is 5.69 Å². The van der Waals surface area contributed by atoms with Crippen LogP contribution in [-0.4, -0.2) is 14.8 Å². The quantitative estimate of drug-likeness (QED) is 0.800. The summed E-state index contributed by atoms with van der Waals surface area (Å²) < 4.78 is 15.0. The number of hydrogen-bond donors (Lipinski definition) is 2. The molecule has 0 unspecified atom stereocenters. The molecular weight excluding hydrogens is 229 g/mol. The molecule has 1 aromatic heterocycles. The predicted octanol–water partition coefficient (Wildman–Crippen LogP) is 1.62. The van der Waals surface area contributed by atoms with Crippen molar-refractivity contribution in [2.45, 2.75) is 13.0 Å². The number of hydrogen-bond acceptors (Lipinski definition) is 2. The maximum Gasteiger partial charge on any atom is 0.342 e. The largest absolute Gasteiger partial charge is 0.342 e. The van der Waals surface area contributed by atoms with Gasteiger partial charge in [0.2, 0.25) is 0 Å². The van der Waals surface area contributed by atoms with Crippen LogP contribution in [0.4, 0.5) is 4.39 Å². The van der Waals surface area contributed by atoms with Gasteiger partial charge in [0.05, 0.1) is 0 Å². The third-order valence-corrected chi connectivity index (χ3v) is 2.65. The van der Waals surface area contributed by atoms with Crippen molar-refractivity contribution >= 4 is 12.2 Å². The second kappa shape index (κ2) is 4.44. The van der Waals surface area contributed by atoms with Crippen LogP contribution in [0, 0.1) is 10.6 Å². The molecule has 0 bridgehead atoms. The molecule has 2 N–H and O–H groups in total. The molecule has 0 aliphatic carbocycles. The molecule has 1 heterocycles. The number of halogens is 1. The van der Waals surface area contributed by atoms with Crippen molar-refractivity contribution in [2.75, 3.05) is 0 Å². The summed E-state index contributed by atoms with van der Waals surface area (Å²) in [5.74, 6) is -0.263. The van der Waals surface area contributed by atoms with E-state index < -0.39 is 0 Å². The molecule has 0 aliphatic rings. The van der Waals surface area contributed by atoms with E-state index in [4.69, 9.17) is 12.2 Å². The van der Waals surface area contributed by atoms with Crippen LogP contribution in [0.1, 0.15) is 5.56 Å². The van der Waals surface area contributed by atoms with Gasteiger partial charge in [0.1, 0.15) is 5.82 Å². The van der Waals surface area contributed by atoms with Crippen molar-refractivity contribution in [3.8, 4) is 0 Å². The zero-order valence-electron chi connectivity index (χ0n) is 8.37. The average molecular weight is 239 g/mol. The fourth-order valence-electron chi connectivity index (χ4n) is 1.47. The van der Waals surface area contributed by atoms with Gasteiger partial charge >= 0.3 is 5.69 Å². The van der Waals surface area contributed by atoms with Crippen molar-refractivity contribution in [1.82, 2.24) is 14.8 Å². The van der Waals surface area contributed by atoms with Crippen LogP contribution >= 0.6 is 12.2 Å². The first-order chi connectivity index (χ1) is 7.68. The number of aryl methyl sites for hydroxylation is 1. The standard InChI is InChI=1S/C10H10FN3OS/c11-8-4-2-1-3-7(8)5-6-14-9(15)12-13-10(14)16/h1-4H,5-6H2,(H,12,15)(H,13,16). The number of nitrogens with zero attached hydrogens (tertiary/aromatic N) is 1. The number of H-pyrrole nitrogens is 2. The molecule has 4 nitrogen and oxygen atoms in total. The lowest BCUT2D eigenvalue weighted by atomic mass is 10.1. The summed E-state index contributed by atoms with van der Waals surface area (Å²) in [4.78, 5) is 11.3. The zero-order valence-corrected chi connectivity index (χ0v) is 9.18. The second-order valence-electron chi connectivity index (χ2n) is 3.35. The van der Waals surface area contributed by atoms with Gasteiger partial charge < -0.3 is 0 Å². The highest BCUT2D eigenvalue weighted by atomic mass is 32.1. The molecular formula is C10H10FN3OS. The van der Waals surface area contributed by atoms with Gasteiger partial charge in [0.15, 0.2) is 4.77 Å². The van der Waals surface area contributed by atoms with E-state index in [1.165, 1.54) is 10.6 Å². The molecule has 0 amide bonds. The first kappa shape index (κ1) is 10.8. The Morgan fingerprint density at radius 1 is 1.31 bits per heavy atom. The minimum absolute atomic E-state index is 0.263. The second-order valence-corrected chi connectivity index (χ2v) is 3.74. The fraction of sp³-hybridized carbons (Fsp3) is 0.200. The number of aromatic nitrogens is 3. The van der Waals surface area contributed by atoms with Gasteiger partial charge in [0.25, 0.3) is 0 Å². The van der Waals surface area contributed by atoms with Gasteiger partial charge in [-0.2, -0.15) is 0 Å². The molecule has 0 saturated heterocycles. The van der Waals surface area contributed by atoms with Crippen LogP contribution in [0.15, 0.2) is 29.1 Å². The molecule has 1 aromatic carbocycles. The fourth-order valence-corrected chi connectivity index (χ4v) is 1.70. The van der Waals surface area contributed by atoms with E-state index in [2.05, 4.69) is 10.2 Å². The number of nitrogens with one attached hydrogen (secondary N) is 2. The topological polar surface area (TPSA) is 53.6 Å². The molecule has 0 fully saturated rings. The van der Waals surface area contributed by atoms with E-state index in [1.54, 1.807) is 18.2 Å². The van der Waals surface area contributed by atoms with Crippen LogP contribution in [0.25, 0.3) is 0 Å². The van der Waals surface area contributed by atoms with Gasteiger partial charge in [-0.25, -0.2) is 14.3 Å². The van der Waals surface area contributed by atoms with Crippen LogP contribution in [-0.2, 0) is 13.0 Å². The molecule has 0 aliphatic heterocycles. The summed E-state index contributed by atoms with van der Waals surface area (Å²) in [5, 5.41) is 4.91. The number of aromatic amines is 2. The van der Waals surface area contributed by atoms with Gasteiger partial charge in [0, 0.05) is 6.54 Å². The van der Waals surface area contributed by atoms with Crippen LogP contribution in [0.3, 0.4) is 0 Å². The molecule has 6 heteroatoms. The molecule has 2 aromatic rings. The van der Waals surface area contributed by atoms with E-state index in [9.17, 15) is 9.18 Å². The van der Waals surface area contributed by atoms with Crippen molar-refractivity contribution in [3.05, 3.63) is 50.9 Å². The Bertz CT molecular complexity index is 571. The van der Waals surface area contributed by atoms with E-state index in [-0.39, 0.29) is 11.5 Å². The van der Waals surface area contributed by atoms with Gasteiger partial charge in [-0.3, -0.25) is 9.67 Å². The van der Waals surface area contributed by atoms with Crippen molar-refractivity contribution in [1.29, 1.82) is 0 Å². The van der Waals surface area contributed by atoms with Crippen LogP contribution in [0.5, 0.6) is 0 Å². The van der Waals surface area contributed by atoms with Crippen molar-refractivity contribution < 1.29 is 4.39 Å².